The fourth-order valence-corrected chi connectivity index (χ4v) is 2.81. The highest BCUT2D eigenvalue weighted by Crippen LogP contribution is 2.22. The molecule has 2 aromatic heterocycles. The minimum Gasteiger partial charge on any atom is -0.384 e. The van der Waals surface area contributed by atoms with Crippen LogP contribution in [0.3, 0.4) is 0 Å². The van der Waals surface area contributed by atoms with Crippen LogP contribution < -0.4 is 0 Å². The minimum absolute atomic E-state index is 0.0948. The van der Waals surface area contributed by atoms with Crippen LogP contribution >= 0.6 is 11.3 Å². The fourth-order valence-electron chi connectivity index (χ4n) is 1.76. The topological polar surface area (TPSA) is 82.1 Å². The van der Waals surface area contributed by atoms with Crippen molar-refractivity contribution in [3.8, 4) is 11.8 Å². The van der Waals surface area contributed by atoms with Gasteiger partial charge in [-0.05, 0) is 25.5 Å². The van der Waals surface area contributed by atoms with Gasteiger partial charge >= 0.3 is 0 Å². The normalized spacial score (nSPS) is 10.1. The minimum atomic E-state index is -0.190. The molecule has 0 unspecified atom stereocenters. The molecule has 110 valence electrons. The first-order valence-corrected chi connectivity index (χ1v) is 7.16. The lowest BCUT2D eigenvalue weighted by Gasteiger charge is -2.13. The number of carbonyl (C=O) groups excluding carboxylic acids is 1. The quantitative estimate of drug-likeness (QED) is 0.832. The summed E-state index contributed by atoms with van der Waals surface area (Å²) in [5.74, 6) is 6.65. The molecular formula is C14H16N4O2S. The molecule has 2 heterocycles. The van der Waals surface area contributed by atoms with Crippen LogP contribution in [0.4, 0.5) is 0 Å². The first-order chi connectivity index (χ1) is 10.0. The molecule has 0 aliphatic heterocycles. The molecule has 0 spiro atoms. The van der Waals surface area contributed by atoms with E-state index in [0.29, 0.717) is 17.2 Å². The van der Waals surface area contributed by atoms with E-state index in [1.807, 2.05) is 19.9 Å². The van der Waals surface area contributed by atoms with E-state index in [0.717, 1.165) is 16.3 Å². The Bertz CT molecular complexity index is 708. The molecule has 0 aliphatic rings. The van der Waals surface area contributed by atoms with E-state index >= 15 is 0 Å². The second-order valence-corrected chi connectivity index (χ2v) is 5.63. The summed E-state index contributed by atoms with van der Waals surface area (Å²) in [6, 6.07) is 1.81. The molecule has 0 saturated heterocycles. The number of aryl methyl sites for hydroxylation is 2. The van der Waals surface area contributed by atoms with Crippen molar-refractivity contribution in [2.24, 2.45) is 0 Å². The molecule has 0 atom stereocenters. The van der Waals surface area contributed by atoms with Gasteiger partial charge in [-0.3, -0.25) is 9.89 Å². The smallest absolute Gasteiger partial charge is 0.264 e. The van der Waals surface area contributed by atoms with Crippen LogP contribution in [0.1, 0.15) is 31.8 Å². The van der Waals surface area contributed by atoms with E-state index in [2.05, 4.69) is 27.0 Å². The lowest BCUT2D eigenvalue weighted by atomic mass is 10.2. The maximum atomic E-state index is 12.4. The van der Waals surface area contributed by atoms with Crippen molar-refractivity contribution >= 4 is 17.2 Å². The zero-order chi connectivity index (χ0) is 15.4. The average Bonchev–Trinajstić information content (AvgIpc) is 3.02. The summed E-state index contributed by atoms with van der Waals surface area (Å²) in [6.07, 6.45) is 0. The number of rotatable bonds is 3. The highest BCUT2D eigenvalue weighted by atomic mass is 32.1. The van der Waals surface area contributed by atoms with E-state index in [-0.39, 0.29) is 12.5 Å². The number of nitrogens with zero attached hydrogens (tertiary/aromatic N) is 3. The lowest BCUT2D eigenvalue weighted by molar-refractivity contribution is 0.0786. The highest BCUT2D eigenvalue weighted by molar-refractivity contribution is 7.14. The fraction of sp³-hybridized carbons (Fsp3) is 0.357. The van der Waals surface area contributed by atoms with Crippen molar-refractivity contribution < 1.29 is 9.90 Å². The van der Waals surface area contributed by atoms with Crippen LogP contribution in [0, 0.1) is 25.7 Å². The number of aliphatic hydroxyl groups is 1. The molecule has 0 aliphatic carbocycles. The molecular weight excluding hydrogens is 288 g/mol. The zero-order valence-electron chi connectivity index (χ0n) is 12.1. The standard InChI is InChI=1S/C14H16N4O2S/c1-9-7-12(21-11(9)5-4-6-19)14(20)18(3)8-13-15-10(2)16-17-13/h7,19H,6,8H2,1-3H3,(H,15,16,17). The highest BCUT2D eigenvalue weighted by Gasteiger charge is 2.17. The van der Waals surface area contributed by atoms with Gasteiger partial charge < -0.3 is 10.0 Å². The third-order valence-corrected chi connectivity index (χ3v) is 3.92. The molecule has 0 aromatic carbocycles. The Morgan fingerprint density at radius 3 is 2.90 bits per heavy atom. The molecule has 2 rings (SSSR count). The predicted molar refractivity (Wildman–Crippen MR) is 79.9 cm³/mol. The van der Waals surface area contributed by atoms with Crippen molar-refractivity contribution in [3.63, 3.8) is 0 Å². The van der Waals surface area contributed by atoms with Crippen LogP contribution in [0.15, 0.2) is 6.07 Å². The monoisotopic (exact) mass is 304 g/mol. The van der Waals surface area contributed by atoms with Gasteiger partial charge in [0.25, 0.3) is 5.91 Å². The van der Waals surface area contributed by atoms with Crippen LogP contribution in [-0.4, -0.2) is 44.7 Å². The summed E-state index contributed by atoms with van der Waals surface area (Å²) < 4.78 is 0. The first kappa shape index (κ1) is 15.2. The maximum absolute atomic E-state index is 12.4. The summed E-state index contributed by atoms with van der Waals surface area (Å²) in [7, 11) is 1.71. The van der Waals surface area contributed by atoms with Gasteiger partial charge in [-0.15, -0.1) is 11.3 Å². The van der Waals surface area contributed by atoms with E-state index < -0.39 is 0 Å². The average molecular weight is 304 g/mol. The van der Waals surface area contributed by atoms with Crippen LogP contribution in [0.2, 0.25) is 0 Å². The van der Waals surface area contributed by atoms with Gasteiger partial charge in [0.2, 0.25) is 0 Å². The maximum Gasteiger partial charge on any atom is 0.264 e. The number of aromatic nitrogens is 3. The predicted octanol–water partition coefficient (Wildman–Crippen LogP) is 1.10. The number of amides is 1. The molecule has 0 fully saturated rings. The third kappa shape index (κ3) is 3.68. The number of H-pyrrole nitrogens is 1. The molecule has 0 saturated carbocycles. The van der Waals surface area contributed by atoms with Crippen molar-refractivity contribution in [1.29, 1.82) is 0 Å². The Balaban J connectivity index is 2.12. The van der Waals surface area contributed by atoms with Gasteiger partial charge in [0.15, 0.2) is 5.82 Å². The van der Waals surface area contributed by atoms with Gasteiger partial charge in [-0.2, -0.15) is 5.10 Å². The molecule has 7 heteroatoms. The molecule has 21 heavy (non-hydrogen) atoms. The number of aliphatic hydroxyl groups excluding tert-OH is 1. The molecule has 0 bridgehead atoms. The molecule has 0 radical (unpaired) electrons. The van der Waals surface area contributed by atoms with Crippen molar-refractivity contribution in [3.05, 3.63) is 33.0 Å². The van der Waals surface area contributed by atoms with E-state index in [4.69, 9.17) is 5.11 Å². The van der Waals surface area contributed by atoms with Crippen LogP contribution in [0.5, 0.6) is 0 Å². The number of hydrogen-bond donors (Lipinski definition) is 2. The summed E-state index contributed by atoms with van der Waals surface area (Å²) >= 11 is 1.33. The molecule has 6 nitrogen and oxygen atoms in total. The Hall–Kier alpha value is -2.17. The van der Waals surface area contributed by atoms with Crippen molar-refractivity contribution in [2.45, 2.75) is 20.4 Å². The molecule has 2 aromatic rings. The number of nitrogens with one attached hydrogen (secondary N) is 1. The van der Waals surface area contributed by atoms with Gasteiger partial charge in [-0.25, -0.2) is 4.98 Å². The third-order valence-electron chi connectivity index (χ3n) is 2.78. The van der Waals surface area contributed by atoms with E-state index in [9.17, 15) is 4.79 Å². The summed E-state index contributed by atoms with van der Waals surface area (Å²) in [6.45, 7) is 3.86. The van der Waals surface area contributed by atoms with E-state index in [1.54, 1.807) is 11.9 Å². The second-order valence-electron chi connectivity index (χ2n) is 4.58. The summed E-state index contributed by atoms with van der Waals surface area (Å²) in [5, 5.41) is 15.5. The SMILES string of the molecule is Cc1nc(CN(C)C(=O)c2cc(C)c(C#CCO)s2)n[nH]1. The van der Waals surface area contributed by atoms with Gasteiger partial charge in [-0.1, -0.05) is 11.8 Å². The van der Waals surface area contributed by atoms with Crippen LogP contribution in [-0.2, 0) is 6.54 Å². The second kappa shape index (κ2) is 6.52. The largest absolute Gasteiger partial charge is 0.384 e. The molecule has 1 amide bonds. The number of aromatic amines is 1. The Labute approximate surface area is 126 Å². The lowest BCUT2D eigenvalue weighted by Crippen LogP contribution is -2.26. The zero-order valence-corrected chi connectivity index (χ0v) is 12.9. The van der Waals surface area contributed by atoms with Crippen molar-refractivity contribution in [1.82, 2.24) is 20.1 Å². The first-order valence-electron chi connectivity index (χ1n) is 6.34. The Morgan fingerprint density at radius 1 is 1.52 bits per heavy atom. The Kier molecular flexibility index (Phi) is 4.73. The van der Waals surface area contributed by atoms with Gasteiger partial charge in [0.05, 0.1) is 16.3 Å². The molecule has 2 N–H and O–H groups in total. The van der Waals surface area contributed by atoms with Gasteiger partial charge in [0, 0.05) is 7.05 Å². The van der Waals surface area contributed by atoms with Crippen LogP contribution in [0.25, 0.3) is 0 Å². The number of carbonyl (C=O) groups is 1. The Morgan fingerprint density at radius 2 is 2.29 bits per heavy atom. The van der Waals surface area contributed by atoms with Gasteiger partial charge in [0.1, 0.15) is 12.4 Å². The summed E-state index contributed by atoms with van der Waals surface area (Å²) in [4.78, 5) is 19.5. The number of hydrogen-bond acceptors (Lipinski definition) is 5. The van der Waals surface area contributed by atoms with E-state index in [1.165, 1.54) is 11.3 Å². The van der Waals surface area contributed by atoms with Crippen molar-refractivity contribution in [2.75, 3.05) is 13.7 Å². The number of thiophene rings is 1. The summed E-state index contributed by atoms with van der Waals surface area (Å²) in [5.41, 5.74) is 0.937.